The predicted octanol–water partition coefficient (Wildman–Crippen LogP) is 2.50. The zero-order chi connectivity index (χ0) is 20.8. The lowest BCUT2D eigenvalue weighted by Crippen LogP contribution is -2.34. The average molecular weight is 399 g/mol. The lowest BCUT2D eigenvalue weighted by atomic mass is 9.97. The molecule has 0 saturated carbocycles. The number of nitrogens with one attached hydrogen (secondary N) is 1. The van der Waals surface area contributed by atoms with Crippen molar-refractivity contribution in [1.29, 1.82) is 0 Å². The van der Waals surface area contributed by atoms with Crippen LogP contribution in [0.25, 0.3) is 0 Å². The number of carbonyl (C=O) groups excluding carboxylic acids is 1. The van der Waals surface area contributed by atoms with Crippen LogP contribution in [0.15, 0.2) is 23.1 Å². The van der Waals surface area contributed by atoms with Crippen LogP contribution < -0.4 is 5.32 Å². The number of benzene rings is 1. The van der Waals surface area contributed by atoms with Crippen LogP contribution in [0.1, 0.15) is 50.0 Å². The Kier molecular flexibility index (Phi) is 8.43. The Morgan fingerprint density at radius 3 is 2.26 bits per heavy atom. The molecule has 0 fully saturated rings. The van der Waals surface area contributed by atoms with Crippen LogP contribution in [0.4, 0.5) is 0 Å². The third-order valence-corrected chi connectivity index (χ3v) is 6.58. The van der Waals surface area contributed by atoms with Gasteiger partial charge in [-0.3, -0.25) is 9.59 Å². The molecule has 1 rings (SSSR count). The molecular weight excluding hydrogens is 368 g/mol. The summed E-state index contributed by atoms with van der Waals surface area (Å²) in [4.78, 5) is 23.9. The molecule has 0 aliphatic rings. The van der Waals surface area contributed by atoms with Gasteiger partial charge in [0.2, 0.25) is 10.0 Å². The van der Waals surface area contributed by atoms with Crippen molar-refractivity contribution in [3.63, 3.8) is 0 Å². The largest absolute Gasteiger partial charge is 0.481 e. The molecule has 1 aromatic rings. The molecule has 7 nitrogen and oxygen atoms in total. The Bertz CT molecular complexity index is 770. The summed E-state index contributed by atoms with van der Waals surface area (Å²) in [6.07, 6.45) is 0.450. The summed E-state index contributed by atoms with van der Waals surface area (Å²) in [6, 6.07) is 4.49. The fraction of sp³-hybridized carbons (Fsp3) is 0.579. The van der Waals surface area contributed by atoms with Gasteiger partial charge in [-0.1, -0.05) is 33.8 Å². The van der Waals surface area contributed by atoms with Crippen LogP contribution in [-0.4, -0.2) is 49.3 Å². The van der Waals surface area contributed by atoms with Crippen molar-refractivity contribution in [2.75, 3.05) is 19.6 Å². The Morgan fingerprint density at radius 1 is 1.19 bits per heavy atom. The van der Waals surface area contributed by atoms with E-state index in [9.17, 15) is 23.1 Å². The molecule has 152 valence electrons. The van der Waals surface area contributed by atoms with Gasteiger partial charge in [0.05, 0.1) is 10.8 Å². The molecule has 1 unspecified atom stereocenters. The lowest BCUT2D eigenvalue weighted by Gasteiger charge is -2.20. The van der Waals surface area contributed by atoms with Crippen LogP contribution in [0.2, 0.25) is 0 Å². The van der Waals surface area contributed by atoms with Gasteiger partial charge >= 0.3 is 5.97 Å². The van der Waals surface area contributed by atoms with Crippen LogP contribution in [-0.2, 0) is 14.8 Å². The Labute approximate surface area is 161 Å². The van der Waals surface area contributed by atoms with E-state index < -0.39 is 27.8 Å². The second-order valence-corrected chi connectivity index (χ2v) is 8.85. The number of sulfonamides is 1. The Hall–Kier alpha value is -1.93. The molecule has 1 aromatic carbocycles. The second-order valence-electron chi connectivity index (χ2n) is 6.94. The first-order valence-electron chi connectivity index (χ1n) is 9.16. The maximum atomic E-state index is 12.8. The molecule has 0 saturated heterocycles. The number of nitrogens with zero attached hydrogens (tertiary/aromatic N) is 1. The number of hydrogen-bond donors (Lipinski definition) is 2. The van der Waals surface area contributed by atoms with Crippen molar-refractivity contribution in [3.8, 4) is 0 Å². The van der Waals surface area contributed by atoms with Crippen molar-refractivity contribution in [3.05, 3.63) is 29.3 Å². The molecule has 8 heteroatoms. The van der Waals surface area contributed by atoms with Crippen molar-refractivity contribution in [2.45, 2.75) is 45.9 Å². The molecule has 0 aromatic heterocycles. The number of aryl methyl sites for hydroxylation is 1. The summed E-state index contributed by atoms with van der Waals surface area (Å²) in [5.74, 6) is -1.94. The van der Waals surface area contributed by atoms with Crippen LogP contribution in [0.3, 0.4) is 0 Å². The van der Waals surface area contributed by atoms with Gasteiger partial charge in [-0.15, -0.1) is 0 Å². The van der Waals surface area contributed by atoms with Crippen molar-refractivity contribution < 1.29 is 23.1 Å². The molecule has 2 N–H and O–H groups in total. The molecule has 1 amide bonds. The maximum Gasteiger partial charge on any atom is 0.308 e. The molecule has 0 radical (unpaired) electrons. The Balaban J connectivity index is 3.05. The van der Waals surface area contributed by atoms with Gasteiger partial charge in [0.15, 0.2) is 0 Å². The highest BCUT2D eigenvalue weighted by Gasteiger charge is 2.25. The lowest BCUT2D eigenvalue weighted by molar-refractivity contribution is -0.142. The molecule has 0 aliphatic heterocycles. The molecule has 1 atom stereocenters. The van der Waals surface area contributed by atoms with Crippen molar-refractivity contribution in [2.24, 2.45) is 11.8 Å². The zero-order valence-corrected chi connectivity index (χ0v) is 17.5. The number of hydrogen-bond acceptors (Lipinski definition) is 4. The highest BCUT2D eigenvalue weighted by atomic mass is 32.2. The number of aliphatic carboxylic acids is 1. The molecule has 27 heavy (non-hydrogen) atoms. The molecule has 0 aliphatic carbocycles. The van der Waals surface area contributed by atoms with E-state index in [0.29, 0.717) is 25.1 Å². The van der Waals surface area contributed by atoms with E-state index in [1.54, 1.807) is 32.9 Å². The van der Waals surface area contributed by atoms with Gasteiger partial charge < -0.3 is 10.4 Å². The number of carbonyl (C=O) groups is 2. The van der Waals surface area contributed by atoms with Gasteiger partial charge in [0.25, 0.3) is 5.91 Å². The van der Waals surface area contributed by atoms with Gasteiger partial charge in [-0.2, -0.15) is 4.31 Å². The highest BCUT2D eigenvalue weighted by Crippen LogP contribution is 2.21. The normalized spacial score (nSPS) is 13.0. The monoisotopic (exact) mass is 398 g/mol. The average Bonchev–Trinajstić information content (AvgIpc) is 2.58. The Morgan fingerprint density at radius 2 is 1.78 bits per heavy atom. The van der Waals surface area contributed by atoms with E-state index in [1.165, 1.54) is 10.4 Å². The smallest absolute Gasteiger partial charge is 0.308 e. The fourth-order valence-electron chi connectivity index (χ4n) is 2.88. The summed E-state index contributed by atoms with van der Waals surface area (Å²) in [5.41, 5.74) is 0.752. The van der Waals surface area contributed by atoms with Crippen LogP contribution in [0, 0.1) is 18.8 Å². The number of carboxylic acid groups (broad SMARTS) is 1. The minimum Gasteiger partial charge on any atom is -0.481 e. The minimum absolute atomic E-state index is 0.00164. The summed E-state index contributed by atoms with van der Waals surface area (Å²) in [5, 5.41) is 11.9. The quantitative estimate of drug-likeness (QED) is 0.630. The summed E-state index contributed by atoms with van der Waals surface area (Å²) < 4.78 is 26.9. The SMILES string of the molecule is CCN(CC)S(=O)(=O)c1cc(C(=O)NCC(CC(C)C)C(=O)O)ccc1C. The molecule has 0 bridgehead atoms. The van der Waals surface area contributed by atoms with E-state index >= 15 is 0 Å². The zero-order valence-electron chi connectivity index (χ0n) is 16.7. The first-order chi connectivity index (χ1) is 12.5. The minimum atomic E-state index is -3.69. The molecular formula is C19H30N2O5S. The van der Waals surface area contributed by atoms with E-state index in [4.69, 9.17) is 0 Å². The maximum absolute atomic E-state index is 12.8. The predicted molar refractivity (Wildman–Crippen MR) is 104 cm³/mol. The summed E-state index contributed by atoms with van der Waals surface area (Å²) in [7, 11) is -3.69. The van der Waals surface area contributed by atoms with Gasteiger partial charge in [0, 0.05) is 25.2 Å². The standard InChI is InChI=1S/C19H30N2O5S/c1-6-21(7-2)27(25,26)17-11-15(9-8-14(17)5)18(22)20-12-16(19(23)24)10-13(3)4/h8-9,11,13,16H,6-7,10,12H2,1-5H3,(H,20,22)(H,23,24). The van der Waals surface area contributed by atoms with E-state index in [2.05, 4.69) is 5.32 Å². The van der Waals surface area contributed by atoms with Gasteiger partial charge in [0.1, 0.15) is 0 Å². The van der Waals surface area contributed by atoms with Crippen molar-refractivity contribution in [1.82, 2.24) is 9.62 Å². The molecule has 0 spiro atoms. The third-order valence-electron chi connectivity index (χ3n) is 4.39. The second kappa shape index (κ2) is 9.85. The van der Waals surface area contributed by atoms with Crippen LogP contribution >= 0.6 is 0 Å². The van der Waals surface area contributed by atoms with Gasteiger partial charge in [-0.25, -0.2) is 8.42 Å². The summed E-state index contributed by atoms with van der Waals surface area (Å²) >= 11 is 0. The third kappa shape index (κ3) is 6.04. The molecule has 0 heterocycles. The van der Waals surface area contributed by atoms with E-state index in [-0.39, 0.29) is 22.9 Å². The highest BCUT2D eigenvalue weighted by molar-refractivity contribution is 7.89. The first kappa shape index (κ1) is 23.1. The number of rotatable bonds is 10. The number of carboxylic acids is 1. The first-order valence-corrected chi connectivity index (χ1v) is 10.6. The fourth-order valence-corrected chi connectivity index (χ4v) is 4.59. The van der Waals surface area contributed by atoms with E-state index in [0.717, 1.165) is 0 Å². The van der Waals surface area contributed by atoms with Crippen LogP contribution in [0.5, 0.6) is 0 Å². The topological polar surface area (TPSA) is 104 Å². The summed E-state index contributed by atoms with van der Waals surface area (Å²) in [6.45, 7) is 9.71. The van der Waals surface area contributed by atoms with E-state index in [1.807, 2.05) is 13.8 Å². The van der Waals surface area contributed by atoms with Gasteiger partial charge in [-0.05, 0) is 37.0 Å². The van der Waals surface area contributed by atoms with Crippen molar-refractivity contribution >= 4 is 21.9 Å². The number of amides is 1.